The second-order valence-electron chi connectivity index (χ2n) is 7.10. The van der Waals surface area contributed by atoms with Crippen LogP contribution in [0.4, 0.5) is 11.7 Å². The maximum atomic E-state index is 12.7. The molecular weight excluding hydrogens is 406 g/mol. The third kappa shape index (κ3) is 4.38. The molecule has 156 valence electrons. The number of aryl methyl sites for hydroxylation is 2. The minimum Gasteiger partial charge on any atom is -0.338 e. The maximum Gasteiger partial charge on any atom is 0.231 e. The van der Waals surface area contributed by atoms with Crippen LogP contribution >= 0.6 is 11.6 Å². The molecule has 4 rings (SSSR count). The van der Waals surface area contributed by atoms with Crippen LogP contribution in [0.25, 0.3) is 11.3 Å². The Morgan fingerprint density at radius 2 is 2.07 bits per heavy atom. The van der Waals surface area contributed by atoms with Crippen LogP contribution in [0, 0.1) is 0 Å². The number of halogens is 1. The van der Waals surface area contributed by atoms with Crippen molar-refractivity contribution in [3.63, 3.8) is 0 Å². The molecule has 0 bridgehead atoms. The fourth-order valence-corrected chi connectivity index (χ4v) is 3.62. The summed E-state index contributed by atoms with van der Waals surface area (Å²) < 4.78 is 7.05. The lowest BCUT2D eigenvalue weighted by molar-refractivity contribution is -0.122. The van der Waals surface area contributed by atoms with Crippen molar-refractivity contribution < 1.29 is 14.1 Å². The molecule has 0 fully saturated rings. The van der Waals surface area contributed by atoms with Gasteiger partial charge in [0.2, 0.25) is 17.7 Å². The molecule has 9 heteroatoms. The van der Waals surface area contributed by atoms with Gasteiger partial charge < -0.3 is 4.52 Å². The fourth-order valence-electron chi connectivity index (χ4n) is 3.43. The topological polar surface area (TPSA) is 93.3 Å². The number of carbonyl (C=O) groups excluding carboxylic acids is 2. The third-order valence-corrected chi connectivity index (χ3v) is 5.19. The Morgan fingerprint density at radius 1 is 1.20 bits per heavy atom. The number of carbonyl (C=O) groups is 2. The van der Waals surface area contributed by atoms with Crippen molar-refractivity contribution in [3.8, 4) is 11.3 Å². The standard InChI is InChI=1S/C21H22ClN5O3/c1-2-16-12-20-26(9-4-10-27(20)24-16)21(29)8-7-18(28)23-19-13-17(25-30-19)14-5-3-6-15(22)11-14/h3,5-6,11-13H,2,4,7-10H2,1H3,(H,23,28). The van der Waals surface area contributed by atoms with Crippen LogP contribution in [0.2, 0.25) is 5.02 Å². The van der Waals surface area contributed by atoms with E-state index in [4.69, 9.17) is 16.1 Å². The number of hydrogen-bond acceptors (Lipinski definition) is 5. The number of aromatic nitrogens is 3. The molecule has 0 spiro atoms. The first kappa shape index (κ1) is 20.2. The van der Waals surface area contributed by atoms with Crippen molar-refractivity contribution >= 4 is 35.1 Å². The van der Waals surface area contributed by atoms with Gasteiger partial charge in [-0.1, -0.05) is 35.8 Å². The number of benzene rings is 1. The van der Waals surface area contributed by atoms with Crippen LogP contribution in [-0.2, 0) is 22.6 Å². The van der Waals surface area contributed by atoms with Gasteiger partial charge in [0, 0.05) is 48.6 Å². The number of hydrogen-bond donors (Lipinski definition) is 1. The number of amides is 2. The van der Waals surface area contributed by atoms with Gasteiger partial charge in [0.25, 0.3) is 0 Å². The monoisotopic (exact) mass is 427 g/mol. The molecule has 3 aromatic rings. The first-order chi connectivity index (χ1) is 14.5. The van der Waals surface area contributed by atoms with E-state index in [0.717, 1.165) is 36.5 Å². The summed E-state index contributed by atoms with van der Waals surface area (Å²) in [5.41, 5.74) is 2.32. The van der Waals surface area contributed by atoms with Gasteiger partial charge in [0.05, 0.1) is 5.69 Å². The molecule has 0 aliphatic carbocycles. The largest absolute Gasteiger partial charge is 0.338 e. The molecule has 0 unspecified atom stereocenters. The molecule has 1 aromatic carbocycles. The SMILES string of the molecule is CCc1cc2n(n1)CCCN2C(=O)CCC(=O)Nc1cc(-c2cccc(Cl)c2)no1. The number of nitrogens with zero attached hydrogens (tertiary/aromatic N) is 4. The van der Waals surface area contributed by atoms with Crippen LogP contribution < -0.4 is 10.2 Å². The molecule has 1 N–H and O–H groups in total. The molecule has 0 radical (unpaired) electrons. The molecule has 1 aliphatic rings. The molecule has 0 saturated carbocycles. The van der Waals surface area contributed by atoms with E-state index in [1.165, 1.54) is 0 Å². The highest BCUT2D eigenvalue weighted by Crippen LogP contribution is 2.25. The van der Waals surface area contributed by atoms with E-state index >= 15 is 0 Å². The van der Waals surface area contributed by atoms with Gasteiger partial charge in [-0.15, -0.1) is 0 Å². The zero-order valence-corrected chi connectivity index (χ0v) is 17.4. The average Bonchev–Trinajstić information content (AvgIpc) is 3.38. The molecule has 3 heterocycles. The lowest BCUT2D eigenvalue weighted by Crippen LogP contribution is -2.37. The van der Waals surface area contributed by atoms with E-state index in [2.05, 4.69) is 15.6 Å². The molecule has 2 aromatic heterocycles. The summed E-state index contributed by atoms with van der Waals surface area (Å²) in [6.07, 6.45) is 1.82. The Labute approximate surface area is 178 Å². The lowest BCUT2D eigenvalue weighted by atomic mass is 10.1. The second-order valence-corrected chi connectivity index (χ2v) is 7.54. The van der Waals surface area contributed by atoms with Gasteiger partial charge in [0.15, 0.2) is 0 Å². The number of anilines is 2. The molecule has 2 amide bonds. The summed E-state index contributed by atoms with van der Waals surface area (Å²) in [5, 5.41) is 11.7. The molecule has 30 heavy (non-hydrogen) atoms. The predicted octanol–water partition coefficient (Wildman–Crippen LogP) is 3.91. The van der Waals surface area contributed by atoms with Gasteiger partial charge in [-0.2, -0.15) is 5.10 Å². The summed E-state index contributed by atoms with van der Waals surface area (Å²) >= 11 is 5.99. The quantitative estimate of drug-likeness (QED) is 0.643. The molecule has 0 atom stereocenters. The smallest absolute Gasteiger partial charge is 0.231 e. The highest BCUT2D eigenvalue weighted by Gasteiger charge is 2.24. The van der Waals surface area contributed by atoms with Crippen LogP contribution in [0.5, 0.6) is 0 Å². The van der Waals surface area contributed by atoms with E-state index < -0.39 is 0 Å². The zero-order chi connectivity index (χ0) is 21.1. The maximum absolute atomic E-state index is 12.7. The van der Waals surface area contributed by atoms with Crippen LogP contribution in [-0.4, -0.2) is 33.3 Å². The molecule has 1 aliphatic heterocycles. The van der Waals surface area contributed by atoms with Crippen molar-refractivity contribution in [1.29, 1.82) is 0 Å². The van der Waals surface area contributed by atoms with Gasteiger partial charge in [-0.05, 0) is 25.0 Å². The van der Waals surface area contributed by atoms with E-state index in [-0.39, 0.29) is 30.5 Å². The summed E-state index contributed by atoms with van der Waals surface area (Å²) in [4.78, 5) is 26.7. The zero-order valence-electron chi connectivity index (χ0n) is 16.6. The van der Waals surface area contributed by atoms with Crippen molar-refractivity contribution in [2.75, 3.05) is 16.8 Å². The molecule has 8 nitrogen and oxygen atoms in total. The minimum atomic E-state index is -0.308. The van der Waals surface area contributed by atoms with Gasteiger partial charge >= 0.3 is 0 Å². The van der Waals surface area contributed by atoms with Gasteiger partial charge in [-0.3, -0.25) is 19.8 Å². The number of fused-ring (bicyclic) bond motifs is 1. The van der Waals surface area contributed by atoms with Crippen LogP contribution in [0.15, 0.2) is 40.9 Å². The van der Waals surface area contributed by atoms with E-state index in [9.17, 15) is 9.59 Å². The first-order valence-electron chi connectivity index (χ1n) is 9.93. The second kappa shape index (κ2) is 8.71. The molecule has 0 saturated heterocycles. The van der Waals surface area contributed by atoms with E-state index in [1.54, 1.807) is 23.1 Å². The van der Waals surface area contributed by atoms with E-state index in [0.29, 0.717) is 17.3 Å². The first-order valence-corrected chi connectivity index (χ1v) is 10.3. The van der Waals surface area contributed by atoms with Crippen molar-refractivity contribution in [1.82, 2.24) is 14.9 Å². The number of nitrogens with one attached hydrogen (secondary N) is 1. The van der Waals surface area contributed by atoms with Crippen LogP contribution in [0.1, 0.15) is 31.9 Å². The Hall–Kier alpha value is -3.13. The average molecular weight is 428 g/mol. The highest BCUT2D eigenvalue weighted by molar-refractivity contribution is 6.30. The summed E-state index contributed by atoms with van der Waals surface area (Å²) in [7, 11) is 0. The molecular formula is C21H22ClN5O3. The number of rotatable bonds is 6. The predicted molar refractivity (Wildman–Crippen MR) is 113 cm³/mol. The van der Waals surface area contributed by atoms with Gasteiger partial charge in [-0.25, -0.2) is 4.68 Å². The Bertz CT molecular complexity index is 1070. The van der Waals surface area contributed by atoms with Crippen molar-refractivity contribution in [2.24, 2.45) is 0 Å². The summed E-state index contributed by atoms with van der Waals surface area (Å²) in [5.74, 6) is 0.638. The minimum absolute atomic E-state index is 0.0529. The Kier molecular flexibility index (Phi) is 5.85. The third-order valence-electron chi connectivity index (χ3n) is 4.96. The van der Waals surface area contributed by atoms with Crippen LogP contribution in [0.3, 0.4) is 0 Å². The van der Waals surface area contributed by atoms with Crippen molar-refractivity contribution in [3.05, 3.63) is 47.1 Å². The highest BCUT2D eigenvalue weighted by atomic mass is 35.5. The normalized spacial score (nSPS) is 13.2. The Balaban J connectivity index is 1.33. The van der Waals surface area contributed by atoms with Crippen molar-refractivity contribution in [2.45, 2.75) is 39.2 Å². The van der Waals surface area contributed by atoms with Gasteiger partial charge in [0.1, 0.15) is 11.5 Å². The Morgan fingerprint density at radius 3 is 2.87 bits per heavy atom. The van der Waals surface area contributed by atoms with E-state index in [1.807, 2.05) is 29.8 Å². The summed E-state index contributed by atoms with van der Waals surface area (Å²) in [6, 6.07) is 10.8. The lowest BCUT2D eigenvalue weighted by Gasteiger charge is -2.27. The summed E-state index contributed by atoms with van der Waals surface area (Å²) in [6.45, 7) is 3.48. The fraction of sp³-hybridized carbons (Fsp3) is 0.333.